The predicted molar refractivity (Wildman–Crippen MR) is 60.6 cm³/mol. The van der Waals surface area contributed by atoms with Crippen LogP contribution in [0.3, 0.4) is 0 Å². The van der Waals surface area contributed by atoms with Crippen LogP contribution in [0.25, 0.3) is 0 Å². The maximum Gasteiger partial charge on any atom is 0.317 e. The van der Waals surface area contributed by atoms with Gasteiger partial charge in [-0.05, 0) is 18.6 Å². The zero-order valence-electron chi connectivity index (χ0n) is 9.10. The molecule has 4 nitrogen and oxygen atoms in total. The zero-order valence-corrected chi connectivity index (χ0v) is 12.9. The standard InChI is InChI=1S/C11H12O4S.2Ag/c12-10(13)7-6-9(11(14)15)16-8-4-2-1-3-5-8;;/h1-5,9H,6-7H2,(H,12,13)(H,14,15);;. The summed E-state index contributed by atoms with van der Waals surface area (Å²) < 4.78 is 0. The van der Waals surface area contributed by atoms with Gasteiger partial charge in [0.1, 0.15) is 5.25 Å². The van der Waals surface area contributed by atoms with Gasteiger partial charge in [0.05, 0.1) is 0 Å². The van der Waals surface area contributed by atoms with Crippen LogP contribution in [0.4, 0.5) is 0 Å². The molecule has 1 rings (SSSR count). The van der Waals surface area contributed by atoms with Crippen molar-refractivity contribution in [2.24, 2.45) is 0 Å². The second-order valence-electron chi connectivity index (χ2n) is 3.19. The first kappa shape index (κ1) is 20.3. The average molecular weight is 456 g/mol. The molecule has 0 heterocycles. The largest absolute Gasteiger partial charge is 0.481 e. The summed E-state index contributed by atoms with van der Waals surface area (Å²) in [6, 6.07) is 9.09. The van der Waals surface area contributed by atoms with Gasteiger partial charge in [-0.25, -0.2) is 0 Å². The van der Waals surface area contributed by atoms with Crippen LogP contribution >= 0.6 is 11.8 Å². The molecule has 0 spiro atoms. The fourth-order valence-electron chi connectivity index (χ4n) is 1.15. The van der Waals surface area contributed by atoms with Gasteiger partial charge in [0.25, 0.3) is 0 Å². The Morgan fingerprint density at radius 3 is 2.11 bits per heavy atom. The van der Waals surface area contributed by atoms with Crippen molar-refractivity contribution in [2.45, 2.75) is 23.0 Å². The first-order valence-electron chi connectivity index (χ1n) is 4.76. The second-order valence-corrected chi connectivity index (χ2v) is 4.47. The van der Waals surface area contributed by atoms with Crippen molar-refractivity contribution in [1.82, 2.24) is 0 Å². The van der Waals surface area contributed by atoms with Crippen molar-refractivity contribution in [1.29, 1.82) is 0 Å². The molecule has 0 amide bonds. The van der Waals surface area contributed by atoms with Gasteiger partial charge in [-0.1, -0.05) is 18.2 Å². The summed E-state index contributed by atoms with van der Waals surface area (Å²) in [5.41, 5.74) is 0. The van der Waals surface area contributed by atoms with E-state index < -0.39 is 17.2 Å². The molecule has 0 aliphatic heterocycles. The van der Waals surface area contributed by atoms with E-state index in [9.17, 15) is 9.59 Å². The maximum absolute atomic E-state index is 10.9. The fourth-order valence-corrected chi connectivity index (χ4v) is 2.13. The van der Waals surface area contributed by atoms with Gasteiger partial charge < -0.3 is 10.2 Å². The molecular formula is C11H12Ag2O4S. The zero-order chi connectivity index (χ0) is 12.0. The van der Waals surface area contributed by atoms with Crippen molar-refractivity contribution >= 4 is 23.7 Å². The van der Waals surface area contributed by atoms with E-state index in [0.717, 1.165) is 4.90 Å². The smallest absolute Gasteiger partial charge is 0.317 e. The summed E-state index contributed by atoms with van der Waals surface area (Å²) in [5.74, 6) is -1.95. The Kier molecular flexibility index (Phi) is 12.3. The van der Waals surface area contributed by atoms with Crippen LogP contribution in [0.5, 0.6) is 0 Å². The molecule has 0 aromatic heterocycles. The third kappa shape index (κ3) is 8.16. The Morgan fingerprint density at radius 1 is 1.11 bits per heavy atom. The van der Waals surface area contributed by atoms with E-state index in [0.29, 0.717) is 0 Å². The van der Waals surface area contributed by atoms with E-state index in [2.05, 4.69) is 0 Å². The molecule has 0 bridgehead atoms. The van der Waals surface area contributed by atoms with E-state index in [4.69, 9.17) is 10.2 Å². The minimum absolute atomic E-state index is 0. The molecule has 7 heteroatoms. The van der Waals surface area contributed by atoms with Crippen LogP contribution in [0.2, 0.25) is 0 Å². The monoisotopic (exact) mass is 454 g/mol. The number of carboxylic acid groups (broad SMARTS) is 2. The molecule has 2 N–H and O–H groups in total. The molecule has 1 unspecified atom stereocenters. The van der Waals surface area contributed by atoms with Gasteiger partial charge in [-0.2, -0.15) is 0 Å². The third-order valence-corrected chi connectivity index (χ3v) is 3.18. The Hall–Kier alpha value is -0.00948. The predicted octanol–water partition coefficient (Wildman–Crippen LogP) is 2.09. The molecule has 1 aromatic rings. The summed E-state index contributed by atoms with van der Waals surface area (Å²) in [6.07, 6.45) is 0.00102. The summed E-state index contributed by atoms with van der Waals surface area (Å²) in [6.45, 7) is 0. The number of carbonyl (C=O) groups is 2. The molecule has 18 heavy (non-hydrogen) atoms. The molecule has 0 aliphatic rings. The van der Waals surface area contributed by atoms with Crippen molar-refractivity contribution in [2.75, 3.05) is 0 Å². The summed E-state index contributed by atoms with van der Waals surface area (Å²) in [4.78, 5) is 22.1. The minimum atomic E-state index is -0.977. The first-order chi connectivity index (χ1) is 7.59. The number of rotatable bonds is 6. The van der Waals surface area contributed by atoms with E-state index >= 15 is 0 Å². The van der Waals surface area contributed by atoms with Crippen LogP contribution < -0.4 is 0 Å². The van der Waals surface area contributed by atoms with E-state index in [1.165, 1.54) is 11.8 Å². The fraction of sp³-hybridized carbons (Fsp3) is 0.273. The molecule has 1 aromatic carbocycles. The maximum atomic E-state index is 10.9. The molecule has 0 saturated carbocycles. The molecule has 108 valence electrons. The Labute approximate surface area is 141 Å². The molecular weight excluding hydrogens is 444 g/mol. The molecule has 0 saturated heterocycles. The van der Waals surface area contributed by atoms with Gasteiger partial charge in [0, 0.05) is 56.1 Å². The van der Waals surface area contributed by atoms with Crippen molar-refractivity contribution in [3.05, 3.63) is 30.3 Å². The summed E-state index contributed by atoms with van der Waals surface area (Å²) >= 11 is 1.18. The Balaban J connectivity index is 0. The number of hydrogen-bond acceptors (Lipinski definition) is 3. The number of benzene rings is 1. The molecule has 0 fully saturated rings. The van der Waals surface area contributed by atoms with Gasteiger partial charge >= 0.3 is 11.9 Å². The van der Waals surface area contributed by atoms with Gasteiger partial charge in [0.2, 0.25) is 0 Å². The normalized spacial score (nSPS) is 10.7. The van der Waals surface area contributed by atoms with E-state index in [-0.39, 0.29) is 57.6 Å². The minimum Gasteiger partial charge on any atom is -0.481 e. The Morgan fingerprint density at radius 2 is 1.67 bits per heavy atom. The second kappa shape index (κ2) is 10.9. The van der Waals surface area contributed by atoms with Crippen LogP contribution in [0.15, 0.2) is 35.2 Å². The number of hydrogen-bond donors (Lipinski definition) is 2. The van der Waals surface area contributed by atoms with Crippen LogP contribution in [-0.4, -0.2) is 27.4 Å². The van der Waals surface area contributed by atoms with Crippen LogP contribution in [-0.2, 0) is 54.3 Å². The van der Waals surface area contributed by atoms with E-state index in [1.54, 1.807) is 12.1 Å². The molecule has 1 atom stereocenters. The Bertz CT molecular complexity index is 373. The topological polar surface area (TPSA) is 74.6 Å². The first-order valence-corrected chi connectivity index (χ1v) is 5.64. The van der Waals surface area contributed by atoms with Crippen molar-refractivity contribution < 1.29 is 64.6 Å². The third-order valence-electron chi connectivity index (χ3n) is 1.92. The van der Waals surface area contributed by atoms with Crippen molar-refractivity contribution in [3.8, 4) is 0 Å². The number of thioether (sulfide) groups is 1. The molecule has 2 radical (unpaired) electrons. The number of aliphatic carboxylic acids is 2. The van der Waals surface area contributed by atoms with Crippen molar-refractivity contribution in [3.63, 3.8) is 0 Å². The average Bonchev–Trinajstić information content (AvgIpc) is 2.25. The summed E-state index contributed by atoms with van der Waals surface area (Å²) in [7, 11) is 0. The van der Waals surface area contributed by atoms with Crippen LogP contribution in [0, 0.1) is 0 Å². The van der Waals surface area contributed by atoms with Crippen LogP contribution in [0.1, 0.15) is 12.8 Å². The van der Waals surface area contributed by atoms with Gasteiger partial charge in [0.15, 0.2) is 0 Å². The molecule has 0 aliphatic carbocycles. The van der Waals surface area contributed by atoms with Gasteiger partial charge in [-0.3, -0.25) is 9.59 Å². The van der Waals surface area contributed by atoms with Gasteiger partial charge in [-0.15, -0.1) is 11.8 Å². The quantitative estimate of drug-likeness (QED) is 0.507. The number of carboxylic acids is 2. The van der Waals surface area contributed by atoms with E-state index in [1.807, 2.05) is 18.2 Å². The summed E-state index contributed by atoms with van der Waals surface area (Å²) in [5, 5.41) is 16.7. The SMILES string of the molecule is O=C(O)CCC(Sc1ccccc1)C(=O)O.[Ag].[Ag].